The van der Waals surface area contributed by atoms with Crippen molar-refractivity contribution in [2.45, 2.75) is 13.8 Å². The summed E-state index contributed by atoms with van der Waals surface area (Å²) in [6.07, 6.45) is 0. The second-order valence-electron chi connectivity index (χ2n) is 1.45. The van der Waals surface area contributed by atoms with Gasteiger partial charge in [0.25, 0.3) is 0 Å². The van der Waals surface area contributed by atoms with Crippen molar-refractivity contribution in [2.24, 2.45) is 5.92 Å². The summed E-state index contributed by atoms with van der Waals surface area (Å²) in [5.41, 5.74) is 0. The summed E-state index contributed by atoms with van der Waals surface area (Å²) in [4.78, 5) is 0. The molecule has 0 nitrogen and oxygen atoms in total. The van der Waals surface area contributed by atoms with E-state index in [1.165, 1.54) is 0 Å². The first-order chi connectivity index (χ1) is 3.31. The fourth-order valence-corrected chi connectivity index (χ4v) is 0.285. The topological polar surface area (TPSA) is 0 Å². The Morgan fingerprint density at radius 1 is 1.71 bits per heavy atom. The molecular formula is C6H9F. The fourth-order valence-electron chi connectivity index (χ4n) is 0.285. The van der Waals surface area contributed by atoms with Gasteiger partial charge in [-0.15, -0.1) is 5.92 Å². The number of hydrogen-bond donors (Lipinski definition) is 0. The van der Waals surface area contributed by atoms with Crippen LogP contribution in [0.3, 0.4) is 0 Å². The van der Waals surface area contributed by atoms with Crippen LogP contribution in [-0.2, 0) is 0 Å². The summed E-state index contributed by atoms with van der Waals surface area (Å²) in [6, 6.07) is 0. The fraction of sp³-hybridized carbons (Fsp3) is 0.667. The van der Waals surface area contributed by atoms with E-state index in [1.807, 2.05) is 0 Å². The first-order valence-electron chi connectivity index (χ1n) is 2.29. The molecule has 0 rings (SSSR count). The van der Waals surface area contributed by atoms with Crippen LogP contribution >= 0.6 is 0 Å². The summed E-state index contributed by atoms with van der Waals surface area (Å²) in [5, 5.41) is 0. The van der Waals surface area contributed by atoms with Crippen molar-refractivity contribution in [1.82, 2.24) is 0 Å². The molecule has 0 fully saturated rings. The van der Waals surface area contributed by atoms with Crippen molar-refractivity contribution < 1.29 is 4.39 Å². The van der Waals surface area contributed by atoms with Crippen LogP contribution in [-0.4, -0.2) is 6.67 Å². The van der Waals surface area contributed by atoms with Gasteiger partial charge in [0.15, 0.2) is 0 Å². The molecule has 7 heavy (non-hydrogen) atoms. The molecule has 0 radical (unpaired) electrons. The van der Waals surface area contributed by atoms with Crippen molar-refractivity contribution in [3.05, 3.63) is 0 Å². The lowest BCUT2D eigenvalue weighted by atomic mass is 10.2. The van der Waals surface area contributed by atoms with E-state index in [1.54, 1.807) is 13.8 Å². The molecule has 0 aliphatic rings. The average molecular weight is 100 g/mol. The maximum Gasteiger partial charge on any atom is 0.103 e. The largest absolute Gasteiger partial charge is 0.250 e. The Hall–Kier alpha value is -0.510. The first kappa shape index (κ1) is 6.49. The van der Waals surface area contributed by atoms with Gasteiger partial charge in [-0.2, -0.15) is 0 Å². The number of halogens is 1. The highest BCUT2D eigenvalue weighted by Crippen LogP contribution is 1.89. The minimum Gasteiger partial charge on any atom is -0.250 e. The quantitative estimate of drug-likeness (QED) is 0.439. The molecule has 0 N–H and O–H groups in total. The van der Waals surface area contributed by atoms with E-state index >= 15 is 0 Å². The minimum atomic E-state index is -0.332. The van der Waals surface area contributed by atoms with Crippen LogP contribution in [0.4, 0.5) is 4.39 Å². The molecule has 0 amide bonds. The van der Waals surface area contributed by atoms with E-state index in [4.69, 9.17) is 0 Å². The highest BCUT2D eigenvalue weighted by molar-refractivity contribution is 4.98. The SMILES string of the molecule is CC#CC(C)CF. The third-order valence-corrected chi connectivity index (χ3v) is 0.622. The van der Waals surface area contributed by atoms with Gasteiger partial charge in [0, 0.05) is 5.92 Å². The van der Waals surface area contributed by atoms with Crippen LogP contribution in [0, 0.1) is 17.8 Å². The molecule has 40 valence electrons. The maximum atomic E-state index is 11.5. The third-order valence-electron chi connectivity index (χ3n) is 0.622. The van der Waals surface area contributed by atoms with E-state index in [-0.39, 0.29) is 12.6 Å². The molecule has 1 atom stereocenters. The van der Waals surface area contributed by atoms with Gasteiger partial charge in [0.1, 0.15) is 6.67 Å². The second kappa shape index (κ2) is 3.67. The molecule has 0 aromatic heterocycles. The number of hydrogen-bond acceptors (Lipinski definition) is 0. The van der Waals surface area contributed by atoms with E-state index in [2.05, 4.69) is 11.8 Å². The lowest BCUT2D eigenvalue weighted by molar-refractivity contribution is 0.438. The van der Waals surface area contributed by atoms with Gasteiger partial charge < -0.3 is 0 Å². The molecule has 0 spiro atoms. The van der Waals surface area contributed by atoms with Crippen molar-refractivity contribution in [3.63, 3.8) is 0 Å². The molecule has 0 aliphatic carbocycles. The second-order valence-corrected chi connectivity index (χ2v) is 1.45. The van der Waals surface area contributed by atoms with Gasteiger partial charge in [-0.05, 0) is 13.8 Å². The standard InChI is InChI=1S/C6H9F/c1-3-4-6(2)5-7/h6H,5H2,1-2H3. The maximum absolute atomic E-state index is 11.5. The van der Waals surface area contributed by atoms with Crippen molar-refractivity contribution >= 4 is 0 Å². The normalized spacial score (nSPS) is 11.9. The molecule has 0 aromatic rings. The Bertz CT molecular complexity index is 86.1. The van der Waals surface area contributed by atoms with Crippen LogP contribution in [0.1, 0.15) is 13.8 Å². The molecule has 0 saturated carbocycles. The Labute approximate surface area is 43.7 Å². The van der Waals surface area contributed by atoms with E-state index < -0.39 is 0 Å². The zero-order chi connectivity index (χ0) is 5.70. The van der Waals surface area contributed by atoms with Gasteiger partial charge in [-0.1, -0.05) is 5.92 Å². The van der Waals surface area contributed by atoms with Gasteiger partial charge in [-0.3, -0.25) is 0 Å². The molecule has 0 bridgehead atoms. The Morgan fingerprint density at radius 2 is 2.29 bits per heavy atom. The minimum absolute atomic E-state index is 0.0787. The van der Waals surface area contributed by atoms with Crippen LogP contribution in [0.2, 0.25) is 0 Å². The van der Waals surface area contributed by atoms with E-state index in [0.717, 1.165) is 0 Å². The van der Waals surface area contributed by atoms with Crippen LogP contribution in [0.15, 0.2) is 0 Å². The highest BCUT2D eigenvalue weighted by Gasteiger charge is 1.89. The number of rotatable bonds is 1. The van der Waals surface area contributed by atoms with Crippen molar-refractivity contribution in [3.8, 4) is 11.8 Å². The highest BCUT2D eigenvalue weighted by atomic mass is 19.1. The molecule has 0 aromatic carbocycles. The van der Waals surface area contributed by atoms with Crippen LogP contribution in [0.5, 0.6) is 0 Å². The Balaban J connectivity index is 3.29. The molecule has 1 heteroatoms. The predicted molar refractivity (Wildman–Crippen MR) is 28.6 cm³/mol. The monoisotopic (exact) mass is 100 g/mol. The summed E-state index contributed by atoms with van der Waals surface area (Å²) in [6.45, 7) is 3.14. The summed E-state index contributed by atoms with van der Waals surface area (Å²) in [7, 11) is 0. The van der Waals surface area contributed by atoms with Crippen LogP contribution in [0.25, 0.3) is 0 Å². The Kier molecular flexibility index (Phi) is 3.40. The lowest BCUT2D eigenvalue weighted by Crippen LogP contribution is -1.89. The molecule has 0 saturated heterocycles. The number of alkyl halides is 1. The predicted octanol–water partition coefficient (Wildman–Crippen LogP) is 1.62. The zero-order valence-electron chi connectivity index (χ0n) is 4.66. The molecule has 1 unspecified atom stereocenters. The van der Waals surface area contributed by atoms with E-state index in [0.29, 0.717) is 0 Å². The molecular weight excluding hydrogens is 91.1 g/mol. The van der Waals surface area contributed by atoms with Gasteiger partial charge in [0.05, 0.1) is 0 Å². The van der Waals surface area contributed by atoms with Crippen molar-refractivity contribution in [2.75, 3.05) is 6.67 Å². The van der Waals surface area contributed by atoms with Gasteiger partial charge in [-0.25, -0.2) is 4.39 Å². The van der Waals surface area contributed by atoms with E-state index in [9.17, 15) is 4.39 Å². The lowest BCUT2D eigenvalue weighted by Gasteiger charge is -1.88. The molecule has 0 aliphatic heterocycles. The Morgan fingerprint density at radius 3 is 2.43 bits per heavy atom. The summed E-state index contributed by atoms with van der Waals surface area (Å²) < 4.78 is 11.5. The first-order valence-corrected chi connectivity index (χ1v) is 2.29. The van der Waals surface area contributed by atoms with Gasteiger partial charge in [0.2, 0.25) is 0 Å². The third kappa shape index (κ3) is 3.32. The summed E-state index contributed by atoms with van der Waals surface area (Å²) >= 11 is 0. The zero-order valence-corrected chi connectivity index (χ0v) is 4.66. The average Bonchev–Trinajstić information content (AvgIpc) is 1.68. The molecule has 0 heterocycles. The van der Waals surface area contributed by atoms with Gasteiger partial charge >= 0.3 is 0 Å². The van der Waals surface area contributed by atoms with Crippen molar-refractivity contribution in [1.29, 1.82) is 0 Å². The summed E-state index contributed by atoms with van der Waals surface area (Å²) in [5.74, 6) is 5.22. The van der Waals surface area contributed by atoms with Crippen LogP contribution < -0.4 is 0 Å². The smallest absolute Gasteiger partial charge is 0.103 e.